The van der Waals surface area contributed by atoms with Gasteiger partial charge in [0.2, 0.25) is 5.91 Å². The maximum atomic E-state index is 12.0. The summed E-state index contributed by atoms with van der Waals surface area (Å²) in [6, 6.07) is 4.26. The molecule has 5 nitrogen and oxygen atoms in total. The van der Waals surface area contributed by atoms with Gasteiger partial charge in [0, 0.05) is 0 Å². The fourth-order valence-electron chi connectivity index (χ4n) is 1.86. The van der Waals surface area contributed by atoms with Gasteiger partial charge in [0.15, 0.2) is 0 Å². The number of fused-ring (bicyclic) bond motifs is 1. The van der Waals surface area contributed by atoms with Crippen molar-refractivity contribution in [1.29, 1.82) is 0 Å². The van der Waals surface area contributed by atoms with Crippen molar-refractivity contribution in [2.45, 2.75) is 6.18 Å². The Morgan fingerprint density at radius 1 is 1.29 bits per heavy atom. The maximum Gasteiger partial charge on any atom is 0.405 e. The van der Waals surface area contributed by atoms with Crippen molar-refractivity contribution in [2.75, 3.05) is 18.0 Å². The number of halogens is 4. The molecule has 0 atom stereocenters. The number of benzene rings is 1. The molecule has 0 fully saturated rings. The highest BCUT2D eigenvalue weighted by Crippen LogP contribution is 2.33. The predicted molar refractivity (Wildman–Crippen MR) is 67.2 cm³/mol. The summed E-state index contributed by atoms with van der Waals surface area (Å²) < 4.78 is 36.0. The van der Waals surface area contributed by atoms with Gasteiger partial charge >= 0.3 is 6.18 Å². The Balaban J connectivity index is 2.15. The second-order valence-electron chi connectivity index (χ2n) is 4.25. The zero-order valence-corrected chi connectivity index (χ0v) is 11.1. The Labute approximate surface area is 121 Å². The summed E-state index contributed by atoms with van der Waals surface area (Å²) in [4.78, 5) is 35.7. The van der Waals surface area contributed by atoms with E-state index in [1.807, 2.05) is 0 Å². The predicted octanol–water partition coefficient (Wildman–Crippen LogP) is 1.55. The number of Topliss-reactive ketones (excluding diaryl/α,β-unsaturated/α-hetero) is 1. The normalized spacial score (nSPS) is 14.4. The standard InChI is InChI=1S/C12H8ClF3N2O3/c13-6-2-1-3-7-9(6)10(20)11(21)18(7)4-8(19)17-5-12(14,15)16/h1-3H,4-5H2,(H,17,19). The van der Waals surface area contributed by atoms with E-state index >= 15 is 0 Å². The Morgan fingerprint density at radius 3 is 2.57 bits per heavy atom. The zero-order valence-electron chi connectivity index (χ0n) is 10.3. The Kier molecular flexibility index (Phi) is 3.91. The van der Waals surface area contributed by atoms with Crippen LogP contribution >= 0.6 is 11.6 Å². The minimum Gasteiger partial charge on any atom is -0.345 e. The molecule has 1 aliphatic heterocycles. The molecule has 2 rings (SSSR count). The summed E-state index contributed by atoms with van der Waals surface area (Å²) in [5, 5.41) is 1.67. The molecule has 1 N–H and O–H groups in total. The topological polar surface area (TPSA) is 66.5 Å². The van der Waals surface area contributed by atoms with Gasteiger partial charge in [-0.15, -0.1) is 0 Å². The highest BCUT2D eigenvalue weighted by Gasteiger charge is 2.38. The number of amides is 2. The molecule has 1 aromatic rings. The van der Waals surface area contributed by atoms with E-state index in [1.165, 1.54) is 18.2 Å². The van der Waals surface area contributed by atoms with E-state index in [2.05, 4.69) is 0 Å². The Bertz CT molecular complexity index is 631. The summed E-state index contributed by atoms with van der Waals surface area (Å²) in [5.74, 6) is -2.92. The van der Waals surface area contributed by atoms with E-state index in [0.717, 1.165) is 4.90 Å². The van der Waals surface area contributed by atoms with E-state index in [0.29, 0.717) is 0 Å². The molecule has 0 saturated heterocycles. The smallest absolute Gasteiger partial charge is 0.345 e. The fourth-order valence-corrected chi connectivity index (χ4v) is 2.11. The molecule has 9 heteroatoms. The van der Waals surface area contributed by atoms with Crippen molar-refractivity contribution in [3.05, 3.63) is 28.8 Å². The minimum absolute atomic E-state index is 0.0454. The van der Waals surface area contributed by atoms with Gasteiger partial charge in [0.25, 0.3) is 11.7 Å². The van der Waals surface area contributed by atoms with Crippen LogP contribution < -0.4 is 10.2 Å². The third kappa shape index (κ3) is 3.15. The van der Waals surface area contributed by atoms with Gasteiger partial charge in [-0.05, 0) is 12.1 Å². The number of hydrogen-bond donors (Lipinski definition) is 1. The van der Waals surface area contributed by atoms with Crippen molar-refractivity contribution in [1.82, 2.24) is 5.32 Å². The van der Waals surface area contributed by atoms with Gasteiger partial charge in [-0.1, -0.05) is 17.7 Å². The van der Waals surface area contributed by atoms with Crippen LogP contribution in [0.4, 0.5) is 18.9 Å². The lowest BCUT2D eigenvalue weighted by molar-refractivity contribution is -0.137. The molecule has 0 saturated carbocycles. The average Bonchev–Trinajstić information content (AvgIpc) is 2.62. The molecule has 1 aromatic carbocycles. The molecule has 0 bridgehead atoms. The molecule has 2 amide bonds. The molecule has 0 spiro atoms. The summed E-state index contributed by atoms with van der Waals surface area (Å²) >= 11 is 5.80. The monoisotopic (exact) mass is 320 g/mol. The lowest BCUT2D eigenvalue weighted by Gasteiger charge is -2.16. The van der Waals surface area contributed by atoms with Crippen molar-refractivity contribution in [3.8, 4) is 0 Å². The van der Waals surface area contributed by atoms with Gasteiger partial charge in [0.1, 0.15) is 13.1 Å². The number of hydrogen-bond acceptors (Lipinski definition) is 3. The fraction of sp³-hybridized carbons (Fsp3) is 0.250. The van der Waals surface area contributed by atoms with Crippen LogP contribution in [0.1, 0.15) is 10.4 Å². The van der Waals surface area contributed by atoms with Crippen molar-refractivity contribution < 1.29 is 27.6 Å². The summed E-state index contributed by atoms with van der Waals surface area (Å²) in [6.07, 6.45) is -4.55. The van der Waals surface area contributed by atoms with Crippen LogP contribution in [0.15, 0.2) is 18.2 Å². The molecule has 1 heterocycles. The van der Waals surface area contributed by atoms with Crippen LogP contribution in [0.3, 0.4) is 0 Å². The maximum absolute atomic E-state index is 12.0. The van der Waals surface area contributed by atoms with Gasteiger partial charge in [-0.25, -0.2) is 0 Å². The number of carbonyl (C=O) groups excluding carboxylic acids is 3. The van der Waals surface area contributed by atoms with Crippen LogP contribution in [0.5, 0.6) is 0 Å². The largest absolute Gasteiger partial charge is 0.405 e. The number of anilines is 1. The van der Waals surface area contributed by atoms with Gasteiger partial charge < -0.3 is 5.32 Å². The molecule has 21 heavy (non-hydrogen) atoms. The van der Waals surface area contributed by atoms with Gasteiger partial charge in [0.05, 0.1) is 16.3 Å². The van der Waals surface area contributed by atoms with E-state index in [4.69, 9.17) is 11.6 Å². The van der Waals surface area contributed by atoms with Crippen LogP contribution in [0.25, 0.3) is 0 Å². The number of nitrogens with one attached hydrogen (secondary N) is 1. The first kappa shape index (κ1) is 15.3. The molecule has 0 radical (unpaired) electrons. The molecule has 1 aliphatic rings. The number of ketones is 1. The number of alkyl halides is 3. The molecule has 112 valence electrons. The van der Waals surface area contributed by atoms with Crippen LogP contribution in [-0.2, 0) is 9.59 Å². The number of carbonyl (C=O) groups is 3. The lowest BCUT2D eigenvalue weighted by atomic mass is 10.1. The Morgan fingerprint density at radius 2 is 1.95 bits per heavy atom. The molecular weight excluding hydrogens is 313 g/mol. The highest BCUT2D eigenvalue weighted by atomic mass is 35.5. The summed E-state index contributed by atoms with van der Waals surface area (Å²) in [6.45, 7) is -2.20. The second-order valence-corrected chi connectivity index (χ2v) is 4.65. The van der Waals surface area contributed by atoms with Crippen molar-refractivity contribution in [3.63, 3.8) is 0 Å². The Hall–Kier alpha value is -2.09. The minimum atomic E-state index is -4.55. The lowest BCUT2D eigenvalue weighted by Crippen LogP contribution is -2.43. The quantitative estimate of drug-likeness (QED) is 0.859. The van der Waals surface area contributed by atoms with E-state index in [-0.39, 0.29) is 16.3 Å². The third-order valence-corrected chi connectivity index (χ3v) is 3.05. The zero-order chi connectivity index (χ0) is 15.8. The van der Waals surface area contributed by atoms with Gasteiger partial charge in [-0.2, -0.15) is 13.2 Å². The van der Waals surface area contributed by atoms with Crippen LogP contribution in [0.2, 0.25) is 5.02 Å². The van der Waals surface area contributed by atoms with Crippen molar-refractivity contribution >= 4 is 34.9 Å². The first-order valence-electron chi connectivity index (χ1n) is 5.69. The third-order valence-electron chi connectivity index (χ3n) is 2.74. The molecule has 0 unspecified atom stereocenters. The number of nitrogens with zero attached hydrogens (tertiary/aromatic N) is 1. The first-order valence-corrected chi connectivity index (χ1v) is 6.06. The summed E-state index contributed by atoms with van der Waals surface area (Å²) in [7, 11) is 0. The average molecular weight is 321 g/mol. The van der Waals surface area contributed by atoms with E-state index in [1.54, 1.807) is 5.32 Å². The first-order chi connectivity index (χ1) is 9.70. The SMILES string of the molecule is O=C(CN1C(=O)C(=O)c2c(Cl)cccc21)NCC(F)(F)F. The molecule has 0 aromatic heterocycles. The van der Waals surface area contributed by atoms with Crippen molar-refractivity contribution in [2.24, 2.45) is 0 Å². The van der Waals surface area contributed by atoms with Crippen LogP contribution in [-0.4, -0.2) is 36.9 Å². The second kappa shape index (κ2) is 5.36. The van der Waals surface area contributed by atoms with Crippen LogP contribution in [0, 0.1) is 0 Å². The van der Waals surface area contributed by atoms with E-state index < -0.39 is 36.9 Å². The highest BCUT2D eigenvalue weighted by molar-refractivity contribution is 6.55. The number of rotatable bonds is 3. The van der Waals surface area contributed by atoms with E-state index in [9.17, 15) is 27.6 Å². The molecule has 0 aliphatic carbocycles. The summed E-state index contributed by atoms with van der Waals surface area (Å²) in [5.41, 5.74) is 0.0625. The molecular formula is C12H8ClF3N2O3. The van der Waals surface area contributed by atoms with Gasteiger partial charge in [-0.3, -0.25) is 19.3 Å².